The maximum absolute atomic E-state index is 9.47. The van der Waals surface area contributed by atoms with E-state index in [2.05, 4.69) is 38.2 Å². The van der Waals surface area contributed by atoms with E-state index in [4.69, 9.17) is 4.74 Å². The highest BCUT2D eigenvalue weighted by Gasteiger charge is 2.25. The van der Waals surface area contributed by atoms with Crippen molar-refractivity contribution in [2.75, 3.05) is 27.2 Å². The molecule has 2 atom stereocenters. The molecule has 0 aromatic heterocycles. The average molecular weight is 278 g/mol. The predicted molar refractivity (Wildman–Crippen MR) is 81.3 cm³/mol. The Morgan fingerprint density at radius 1 is 1.40 bits per heavy atom. The molecule has 1 heterocycles. The molecule has 112 valence electrons. The van der Waals surface area contributed by atoms with Crippen LogP contribution in [0.3, 0.4) is 0 Å². The summed E-state index contributed by atoms with van der Waals surface area (Å²) in [4.78, 5) is 2.28. The number of nitrogens with zero attached hydrogens (tertiary/aromatic N) is 1. The standard InChI is InChI=1S/C16H26N2O2/c1-11(2)7-12(18(3)4)9-17-15-10-20-16-8-13(19)5-6-14(15)16/h5-6,8,11-12,15,17,19H,7,9-10H2,1-4H3. The van der Waals surface area contributed by atoms with Crippen LogP contribution in [0.4, 0.5) is 0 Å². The number of aromatic hydroxyl groups is 1. The van der Waals surface area contributed by atoms with E-state index in [1.807, 2.05) is 6.07 Å². The number of ether oxygens (including phenoxy) is 1. The molecule has 2 unspecified atom stereocenters. The van der Waals surface area contributed by atoms with E-state index in [-0.39, 0.29) is 11.8 Å². The fourth-order valence-electron chi connectivity index (χ4n) is 2.67. The minimum atomic E-state index is 0.222. The summed E-state index contributed by atoms with van der Waals surface area (Å²) in [5.74, 6) is 1.75. The van der Waals surface area contributed by atoms with Gasteiger partial charge in [-0.25, -0.2) is 0 Å². The summed E-state index contributed by atoms with van der Waals surface area (Å²) in [6.45, 7) is 6.10. The van der Waals surface area contributed by atoms with Gasteiger partial charge in [-0.2, -0.15) is 0 Å². The van der Waals surface area contributed by atoms with Crippen LogP contribution in [0, 0.1) is 5.92 Å². The van der Waals surface area contributed by atoms with E-state index >= 15 is 0 Å². The molecule has 2 rings (SSSR count). The van der Waals surface area contributed by atoms with Crippen molar-refractivity contribution in [1.82, 2.24) is 10.2 Å². The number of phenolic OH excluding ortho intramolecular Hbond substituents is 1. The normalized spacial score (nSPS) is 19.2. The number of nitrogens with one attached hydrogen (secondary N) is 1. The molecule has 4 heteroatoms. The van der Waals surface area contributed by atoms with E-state index in [9.17, 15) is 5.11 Å². The first-order valence-corrected chi connectivity index (χ1v) is 7.33. The number of benzene rings is 1. The molecule has 0 saturated carbocycles. The lowest BCUT2D eigenvalue weighted by molar-refractivity contribution is 0.231. The Balaban J connectivity index is 1.95. The second-order valence-corrected chi connectivity index (χ2v) is 6.24. The van der Waals surface area contributed by atoms with Gasteiger partial charge in [0.05, 0.1) is 6.04 Å². The SMILES string of the molecule is CC(C)CC(CNC1COc2cc(O)ccc21)N(C)C. The zero-order valence-corrected chi connectivity index (χ0v) is 12.9. The van der Waals surface area contributed by atoms with Gasteiger partial charge in [-0.1, -0.05) is 13.8 Å². The molecular formula is C16H26N2O2. The van der Waals surface area contributed by atoms with E-state index in [0.29, 0.717) is 18.6 Å². The number of phenols is 1. The Morgan fingerprint density at radius 2 is 2.15 bits per heavy atom. The van der Waals surface area contributed by atoms with Gasteiger partial charge in [0, 0.05) is 24.2 Å². The summed E-state index contributed by atoms with van der Waals surface area (Å²) < 4.78 is 5.63. The monoisotopic (exact) mass is 278 g/mol. The molecule has 1 aliphatic rings. The minimum absolute atomic E-state index is 0.222. The van der Waals surface area contributed by atoms with Crippen LogP contribution in [0.1, 0.15) is 31.9 Å². The van der Waals surface area contributed by atoms with Crippen molar-refractivity contribution in [1.29, 1.82) is 0 Å². The van der Waals surface area contributed by atoms with Gasteiger partial charge in [0.2, 0.25) is 0 Å². The number of likely N-dealkylation sites (N-methyl/N-ethyl adjacent to an activating group) is 1. The van der Waals surface area contributed by atoms with Crippen LogP contribution in [-0.2, 0) is 0 Å². The molecule has 4 nitrogen and oxygen atoms in total. The Labute approximate surface area is 121 Å². The van der Waals surface area contributed by atoms with Gasteiger partial charge in [0.25, 0.3) is 0 Å². The third-order valence-electron chi connectivity index (χ3n) is 3.85. The van der Waals surface area contributed by atoms with E-state index in [1.54, 1.807) is 12.1 Å². The summed E-state index contributed by atoms with van der Waals surface area (Å²) in [5, 5.41) is 13.1. The first-order chi connectivity index (χ1) is 9.47. The van der Waals surface area contributed by atoms with Crippen LogP contribution in [0.2, 0.25) is 0 Å². The fourth-order valence-corrected chi connectivity index (χ4v) is 2.67. The molecule has 0 bridgehead atoms. The van der Waals surface area contributed by atoms with Crippen molar-refractivity contribution in [2.45, 2.75) is 32.4 Å². The van der Waals surface area contributed by atoms with Crippen LogP contribution in [-0.4, -0.2) is 43.3 Å². The van der Waals surface area contributed by atoms with Crippen LogP contribution in [0.5, 0.6) is 11.5 Å². The van der Waals surface area contributed by atoms with Gasteiger partial charge in [-0.15, -0.1) is 0 Å². The molecule has 0 radical (unpaired) electrons. The first kappa shape index (κ1) is 15.1. The number of hydrogen-bond donors (Lipinski definition) is 2. The lowest BCUT2D eigenvalue weighted by Crippen LogP contribution is -2.40. The zero-order valence-electron chi connectivity index (χ0n) is 12.9. The Bertz CT molecular complexity index is 446. The van der Waals surface area contributed by atoms with E-state index < -0.39 is 0 Å². The quantitative estimate of drug-likeness (QED) is 0.838. The van der Waals surface area contributed by atoms with Gasteiger partial charge in [0.1, 0.15) is 18.1 Å². The first-order valence-electron chi connectivity index (χ1n) is 7.33. The molecule has 2 N–H and O–H groups in total. The molecular weight excluding hydrogens is 252 g/mol. The average Bonchev–Trinajstić information content (AvgIpc) is 2.76. The number of rotatable bonds is 6. The zero-order chi connectivity index (χ0) is 14.7. The van der Waals surface area contributed by atoms with Gasteiger partial charge < -0.3 is 20.1 Å². The summed E-state index contributed by atoms with van der Waals surface area (Å²) >= 11 is 0. The number of fused-ring (bicyclic) bond motifs is 1. The van der Waals surface area contributed by atoms with Crippen LogP contribution in [0.15, 0.2) is 18.2 Å². The lowest BCUT2D eigenvalue weighted by atomic mass is 10.0. The molecule has 0 aliphatic carbocycles. The van der Waals surface area contributed by atoms with Crippen molar-refractivity contribution in [3.63, 3.8) is 0 Å². The Hall–Kier alpha value is -1.26. The fraction of sp³-hybridized carbons (Fsp3) is 0.625. The molecule has 1 aromatic rings. The summed E-state index contributed by atoms with van der Waals surface area (Å²) in [7, 11) is 4.26. The summed E-state index contributed by atoms with van der Waals surface area (Å²) in [6.07, 6.45) is 1.18. The molecule has 0 saturated heterocycles. The van der Waals surface area contributed by atoms with Crippen molar-refractivity contribution < 1.29 is 9.84 Å². The van der Waals surface area contributed by atoms with Crippen molar-refractivity contribution in [3.05, 3.63) is 23.8 Å². The molecule has 0 amide bonds. The van der Waals surface area contributed by atoms with Gasteiger partial charge in [-0.3, -0.25) is 0 Å². The second kappa shape index (κ2) is 6.46. The lowest BCUT2D eigenvalue weighted by Gasteiger charge is -2.27. The van der Waals surface area contributed by atoms with Gasteiger partial charge in [-0.05, 0) is 38.6 Å². The van der Waals surface area contributed by atoms with Crippen molar-refractivity contribution in [3.8, 4) is 11.5 Å². The Morgan fingerprint density at radius 3 is 2.80 bits per heavy atom. The smallest absolute Gasteiger partial charge is 0.127 e. The van der Waals surface area contributed by atoms with Crippen LogP contribution >= 0.6 is 0 Å². The summed E-state index contributed by atoms with van der Waals surface area (Å²) in [6, 6.07) is 6.10. The maximum atomic E-state index is 9.47. The molecule has 20 heavy (non-hydrogen) atoms. The largest absolute Gasteiger partial charge is 0.508 e. The van der Waals surface area contributed by atoms with Gasteiger partial charge >= 0.3 is 0 Å². The predicted octanol–water partition coefficient (Wildman–Crippen LogP) is 2.39. The highest BCUT2D eigenvalue weighted by molar-refractivity contribution is 5.44. The van der Waals surface area contributed by atoms with Crippen molar-refractivity contribution in [2.24, 2.45) is 5.92 Å². The molecule has 1 aromatic carbocycles. The highest BCUT2D eigenvalue weighted by atomic mass is 16.5. The molecule has 0 spiro atoms. The molecule has 0 fully saturated rings. The van der Waals surface area contributed by atoms with Crippen LogP contribution < -0.4 is 10.1 Å². The third-order valence-corrected chi connectivity index (χ3v) is 3.85. The minimum Gasteiger partial charge on any atom is -0.508 e. The second-order valence-electron chi connectivity index (χ2n) is 6.24. The van der Waals surface area contributed by atoms with E-state index in [0.717, 1.165) is 17.9 Å². The van der Waals surface area contributed by atoms with Gasteiger partial charge in [0.15, 0.2) is 0 Å². The summed E-state index contributed by atoms with van der Waals surface area (Å²) in [5.41, 5.74) is 1.14. The molecule has 1 aliphatic heterocycles. The van der Waals surface area contributed by atoms with Crippen LogP contribution in [0.25, 0.3) is 0 Å². The van der Waals surface area contributed by atoms with Crippen molar-refractivity contribution >= 4 is 0 Å². The topological polar surface area (TPSA) is 44.7 Å². The van der Waals surface area contributed by atoms with E-state index in [1.165, 1.54) is 6.42 Å². The number of hydrogen-bond acceptors (Lipinski definition) is 4. The third kappa shape index (κ3) is 3.64. The Kier molecular flexibility index (Phi) is 4.89. The highest BCUT2D eigenvalue weighted by Crippen LogP contribution is 2.34. The maximum Gasteiger partial charge on any atom is 0.127 e.